The first-order chi connectivity index (χ1) is 15.9. The summed E-state index contributed by atoms with van der Waals surface area (Å²) in [4.78, 5) is 12.4. The molecule has 0 aliphatic heterocycles. The average Bonchev–Trinajstić information content (AvgIpc) is 2.84. The van der Waals surface area contributed by atoms with Gasteiger partial charge in [-0.1, -0.05) is 78.9 Å². The van der Waals surface area contributed by atoms with Gasteiger partial charge in [-0.2, -0.15) is 8.42 Å². The van der Waals surface area contributed by atoms with E-state index in [1.165, 1.54) is 12.1 Å². The van der Waals surface area contributed by atoms with Gasteiger partial charge in [-0.15, -0.1) is 0 Å². The second kappa shape index (κ2) is 12.2. The topological polar surface area (TPSA) is 102 Å². The van der Waals surface area contributed by atoms with E-state index in [4.69, 9.17) is 8.92 Å². The van der Waals surface area contributed by atoms with Crippen molar-refractivity contribution in [2.45, 2.75) is 36.5 Å². The number of hydrogen-bond donors (Lipinski definition) is 2. The van der Waals surface area contributed by atoms with Gasteiger partial charge in [0, 0.05) is 6.42 Å². The molecule has 3 aromatic carbocycles. The van der Waals surface area contributed by atoms with Gasteiger partial charge in [-0.3, -0.25) is 4.18 Å². The third kappa shape index (κ3) is 8.02. The summed E-state index contributed by atoms with van der Waals surface area (Å²) in [5, 5.41) is 13.4. The monoisotopic (exact) mass is 469 g/mol. The minimum absolute atomic E-state index is 0.00251. The molecule has 8 heteroatoms. The van der Waals surface area contributed by atoms with Crippen molar-refractivity contribution in [1.29, 1.82) is 0 Å². The Hall–Kier alpha value is -3.20. The van der Waals surface area contributed by atoms with Crippen molar-refractivity contribution >= 4 is 16.2 Å². The third-order valence-electron chi connectivity index (χ3n) is 4.96. The molecule has 0 heterocycles. The summed E-state index contributed by atoms with van der Waals surface area (Å²) in [6.45, 7) is -0.135. The summed E-state index contributed by atoms with van der Waals surface area (Å²) < 4.78 is 34.9. The fourth-order valence-electron chi connectivity index (χ4n) is 3.20. The van der Waals surface area contributed by atoms with Crippen molar-refractivity contribution in [2.24, 2.45) is 0 Å². The van der Waals surface area contributed by atoms with Crippen LogP contribution in [-0.2, 0) is 32.1 Å². The van der Waals surface area contributed by atoms with E-state index in [9.17, 15) is 18.3 Å². The van der Waals surface area contributed by atoms with Crippen molar-refractivity contribution in [3.05, 3.63) is 102 Å². The van der Waals surface area contributed by atoms with E-state index in [1.807, 2.05) is 60.7 Å². The lowest BCUT2D eigenvalue weighted by molar-refractivity contribution is 0.0867. The maximum atomic E-state index is 12.4. The first-order valence-electron chi connectivity index (χ1n) is 10.6. The number of carbonyl (C=O) groups is 1. The number of alkyl carbamates (subject to hydrolysis) is 1. The molecule has 2 N–H and O–H groups in total. The number of benzene rings is 3. The molecule has 0 aromatic heterocycles. The fourth-order valence-corrected chi connectivity index (χ4v) is 4.14. The summed E-state index contributed by atoms with van der Waals surface area (Å²) in [6.07, 6.45) is -1.38. The maximum Gasteiger partial charge on any atom is 0.407 e. The van der Waals surface area contributed by atoms with Crippen molar-refractivity contribution in [3.63, 3.8) is 0 Å². The van der Waals surface area contributed by atoms with E-state index in [-0.39, 0.29) is 24.5 Å². The van der Waals surface area contributed by atoms with Crippen LogP contribution in [0.4, 0.5) is 4.79 Å². The highest BCUT2D eigenvalue weighted by Gasteiger charge is 2.24. The summed E-state index contributed by atoms with van der Waals surface area (Å²) >= 11 is 0. The molecule has 0 fully saturated rings. The van der Waals surface area contributed by atoms with Crippen LogP contribution in [0.15, 0.2) is 95.9 Å². The quantitative estimate of drug-likeness (QED) is 0.416. The van der Waals surface area contributed by atoms with Crippen LogP contribution in [0, 0.1) is 0 Å². The summed E-state index contributed by atoms with van der Waals surface area (Å²) in [5.74, 6) is 0. The van der Waals surface area contributed by atoms with Crippen molar-refractivity contribution in [2.75, 3.05) is 6.61 Å². The zero-order valence-corrected chi connectivity index (χ0v) is 18.9. The highest BCUT2D eigenvalue weighted by Crippen LogP contribution is 2.14. The average molecular weight is 470 g/mol. The zero-order valence-electron chi connectivity index (χ0n) is 18.0. The Morgan fingerprint density at radius 2 is 1.39 bits per heavy atom. The first kappa shape index (κ1) is 24.4. The van der Waals surface area contributed by atoms with Crippen LogP contribution in [0.1, 0.15) is 17.5 Å². The Labute approximate surface area is 194 Å². The molecular weight excluding hydrogens is 442 g/mol. The SMILES string of the molecule is O=C(NC(Cc1ccccc1)C(O)CCOS(=O)(=O)c1ccccc1)OCc1ccccc1. The van der Waals surface area contributed by atoms with E-state index < -0.39 is 28.4 Å². The van der Waals surface area contributed by atoms with Gasteiger partial charge < -0.3 is 15.2 Å². The Morgan fingerprint density at radius 1 is 0.848 bits per heavy atom. The van der Waals surface area contributed by atoms with Crippen molar-refractivity contribution in [3.8, 4) is 0 Å². The fraction of sp³-hybridized carbons (Fsp3) is 0.240. The number of aliphatic hydroxyl groups excluding tert-OH is 1. The molecule has 174 valence electrons. The van der Waals surface area contributed by atoms with Gasteiger partial charge >= 0.3 is 6.09 Å². The molecule has 3 rings (SSSR count). The predicted molar refractivity (Wildman–Crippen MR) is 124 cm³/mol. The molecule has 1 amide bonds. The maximum absolute atomic E-state index is 12.4. The normalized spacial score (nSPS) is 13.1. The highest BCUT2D eigenvalue weighted by molar-refractivity contribution is 7.86. The minimum atomic E-state index is -3.93. The summed E-state index contributed by atoms with van der Waals surface area (Å²) in [7, 11) is -3.93. The van der Waals surface area contributed by atoms with Crippen LogP contribution < -0.4 is 5.32 Å². The van der Waals surface area contributed by atoms with Crippen LogP contribution in [-0.4, -0.2) is 38.4 Å². The molecule has 0 bridgehead atoms. The Morgan fingerprint density at radius 3 is 2.00 bits per heavy atom. The lowest BCUT2D eigenvalue weighted by Gasteiger charge is -2.24. The third-order valence-corrected chi connectivity index (χ3v) is 6.29. The lowest BCUT2D eigenvalue weighted by atomic mass is 9.99. The van der Waals surface area contributed by atoms with Crippen LogP contribution >= 0.6 is 0 Å². The van der Waals surface area contributed by atoms with Crippen LogP contribution in [0.25, 0.3) is 0 Å². The van der Waals surface area contributed by atoms with E-state index in [2.05, 4.69) is 5.32 Å². The number of aliphatic hydroxyl groups is 1. The van der Waals surface area contributed by atoms with E-state index in [0.29, 0.717) is 6.42 Å². The molecule has 0 aliphatic rings. The smallest absolute Gasteiger partial charge is 0.407 e. The zero-order chi connectivity index (χ0) is 23.5. The van der Waals surface area contributed by atoms with E-state index in [1.54, 1.807) is 18.2 Å². The number of ether oxygens (including phenoxy) is 1. The van der Waals surface area contributed by atoms with Crippen molar-refractivity contribution < 1.29 is 27.2 Å². The molecule has 2 atom stereocenters. The van der Waals surface area contributed by atoms with Gasteiger partial charge in [-0.05, 0) is 29.7 Å². The van der Waals surface area contributed by atoms with E-state index >= 15 is 0 Å². The minimum Gasteiger partial charge on any atom is -0.445 e. The standard InChI is InChI=1S/C25H27NO6S/c27-24(16-17-32-33(29,30)22-14-8-3-9-15-22)23(18-20-10-4-1-5-11-20)26-25(28)31-19-21-12-6-2-7-13-21/h1-15,23-24,27H,16-19H2,(H,26,28). The summed E-state index contributed by atoms with van der Waals surface area (Å²) in [6, 6.07) is 25.7. The molecule has 0 radical (unpaired) electrons. The Balaban J connectivity index is 1.58. The molecule has 0 spiro atoms. The second-order valence-electron chi connectivity index (χ2n) is 7.45. The van der Waals surface area contributed by atoms with Gasteiger partial charge in [-0.25, -0.2) is 4.79 Å². The van der Waals surface area contributed by atoms with E-state index in [0.717, 1.165) is 11.1 Å². The first-order valence-corrected chi connectivity index (χ1v) is 12.0. The van der Waals surface area contributed by atoms with Crippen LogP contribution in [0.2, 0.25) is 0 Å². The van der Waals surface area contributed by atoms with Crippen LogP contribution in [0.5, 0.6) is 0 Å². The van der Waals surface area contributed by atoms with Gasteiger partial charge in [0.1, 0.15) is 6.61 Å². The van der Waals surface area contributed by atoms with Crippen LogP contribution in [0.3, 0.4) is 0 Å². The largest absolute Gasteiger partial charge is 0.445 e. The van der Waals surface area contributed by atoms with Gasteiger partial charge in [0.25, 0.3) is 10.1 Å². The second-order valence-corrected chi connectivity index (χ2v) is 9.06. The summed E-state index contributed by atoms with van der Waals surface area (Å²) in [5.41, 5.74) is 1.75. The molecule has 7 nitrogen and oxygen atoms in total. The number of hydrogen-bond acceptors (Lipinski definition) is 6. The number of nitrogens with one attached hydrogen (secondary N) is 1. The van der Waals surface area contributed by atoms with Gasteiger partial charge in [0.2, 0.25) is 0 Å². The van der Waals surface area contributed by atoms with Crippen molar-refractivity contribution in [1.82, 2.24) is 5.32 Å². The number of carbonyl (C=O) groups excluding carboxylic acids is 1. The number of amides is 1. The highest BCUT2D eigenvalue weighted by atomic mass is 32.2. The molecule has 2 unspecified atom stereocenters. The number of rotatable bonds is 11. The predicted octanol–water partition coefficient (Wildman–Crippen LogP) is 3.68. The lowest BCUT2D eigenvalue weighted by Crippen LogP contribution is -2.45. The Bertz CT molecular complexity index is 1090. The molecule has 0 saturated carbocycles. The van der Waals surface area contributed by atoms with Gasteiger partial charge in [0.05, 0.1) is 23.6 Å². The van der Waals surface area contributed by atoms with Gasteiger partial charge in [0.15, 0.2) is 0 Å². The molecule has 3 aromatic rings. The molecule has 0 aliphatic carbocycles. The molecule has 33 heavy (non-hydrogen) atoms. The molecule has 0 saturated heterocycles. The molecular formula is C25H27NO6S. The Kier molecular flexibility index (Phi) is 9.00.